The highest BCUT2D eigenvalue weighted by Crippen LogP contribution is 2.17. The van der Waals surface area contributed by atoms with E-state index >= 15 is 0 Å². The average Bonchev–Trinajstić information content (AvgIpc) is 2.72. The Hall–Kier alpha value is -0.120. The second-order valence-corrected chi connectivity index (χ2v) is 5.35. The van der Waals surface area contributed by atoms with E-state index < -0.39 is 0 Å². The van der Waals surface area contributed by atoms with Crippen molar-refractivity contribution in [2.24, 2.45) is 0 Å². The molecule has 2 fully saturated rings. The molecule has 100 valence electrons. The maximum atomic E-state index is 5.65. The summed E-state index contributed by atoms with van der Waals surface area (Å²) in [5.41, 5.74) is 0. The zero-order valence-electron chi connectivity index (χ0n) is 11.0. The van der Waals surface area contributed by atoms with Crippen LogP contribution in [0.5, 0.6) is 0 Å². The molecule has 0 aromatic heterocycles. The third-order valence-electron chi connectivity index (χ3n) is 3.86. The second-order valence-electron chi connectivity index (χ2n) is 5.35. The van der Waals surface area contributed by atoms with Crippen molar-refractivity contribution in [3.63, 3.8) is 0 Å². The molecule has 1 aliphatic carbocycles. The number of rotatable bonds is 6. The summed E-state index contributed by atoms with van der Waals surface area (Å²) in [7, 11) is 0. The fourth-order valence-corrected chi connectivity index (χ4v) is 2.81. The van der Waals surface area contributed by atoms with Crippen LogP contribution in [0.4, 0.5) is 0 Å². The predicted octanol–water partition coefficient (Wildman–Crippen LogP) is 2.49. The standard InChI is InChI=1S/C14H27NO2/c1-2-4-7-13(6-3-1)15-9-11-16-12-14-8-5-10-17-14/h13-15H,1-12H2. The minimum atomic E-state index is 0.368. The first-order valence-electron chi connectivity index (χ1n) is 7.38. The Morgan fingerprint density at radius 3 is 2.53 bits per heavy atom. The average molecular weight is 241 g/mol. The van der Waals surface area contributed by atoms with Crippen molar-refractivity contribution in [1.29, 1.82) is 0 Å². The van der Waals surface area contributed by atoms with Crippen molar-refractivity contribution < 1.29 is 9.47 Å². The molecule has 17 heavy (non-hydrogen) atoms. The van der Waals surface area contributed by atoms with Crippen LogP contribution in [0.15, 0.2) is 0 Å². The molecule has 0 amide bonds. The summed E-state index contributed by atoms with van der Waals surface area (Å²) < 4.78 is 11.2. The lowest BCUT2D eigenvalue weighted by Crippen LogP contribution is -2.32. The van der Waals surface area contributed by atoms with Crippen LogP contribution in [0.2, 0.25) is 0 Å². The van der Waals surface area contributed by atoms with Gasteiger partial charge in [-0.05, 0) is 25.7 Å². The lowest BCUT2D eigenvalue weighted by atomic mass is 10.1. The highest BCUT2D eigenvalue weighted by molar-refractivity contribution is 4.70. The molecule has 0 aromatic carbocycles. The Morgan fingerprint density at radius 1 is 1.00 bits per heavy atom. The smallest absolute Gasteiger partial charge is 0.0809 e. The van der Waals surface area contributed by atoms with Crippen LogP contribution < -0.4 is 5.32 Å². The van der Waals surface area contributed by atoms with E-state index in [0.717, 1.165) is 32.4 Å². The quantitative estimate of drug-likeness (QED) is 0.572. The van der Waals surface area contributed by atoms with Gasteiger partial charge in [0.05, 0.1) is 19.3 Å². The first kappa shape index (κ1) is 13.3. The SMILES string of the molecule is C1CCCC(NCCOCC2CCCO2)CC1. The van der Waals surface area contributed by atoms with E-state index in [0.29, 0.717) is 6.10 Å². The number of hydrogen-bond donors (Lipinski definition) is 1. The minimum absolute atomic E-state index is 0.368. The molecule has 1 saturated heterocycles. The topological polar surface area (TPSA) is 30.5 Å². The van der Waals surface area contributed by atoms with Crippen LogP contribution in [-0.4, -0.2) is 38.5 Å². The molecule has 1 aliphatic heterocycles. The van der Waals surface area contributed by atoms with E-state index in [1.54, 1.807) is 0 Å². The van der Waals surface area contributed by atoms with Gasteiger partial charge in [0, 0.05) is 19.2 Å². The third kappa shape index (κ3) is 5.36. The molecule has 0 spiro atoms. The molecular weight excluding hydrogens is 214 g/mol. The number of nitrogens with one attached hydrogen (secondary N) is 1. The molecule has 0 bridgehead atoms. The summed E-state index contributed by atoms with van der Waals surface area (Å²) in [5.74, 6) is 0. The molecular formula is C14H27NO2. The molecule has 0 radical (unpaired) electrons. The van der Waals surface area contributed by atoms with E-state index in [9.17, 15) is 0 Å². The van der Waals surface area contributed by atoms with Gasteiger partial charge < -0.3 is 14.8 Å². The first-order valence-corrected chi connectivity index (χ1v) is 7.38. The molecule has 1 saturated carbocycles. The Labute approximate surface area is 105 Å². The van der Waals surface area contributed by atoms with Gasteiger partial charge in [-0.25, -0.2) is 0 Å². The third-order valence-corrected chi connectivity index (χ3v) is 3.86. The van der Waals surface area contributed by atoms with Crippen LogP contribution >= 0.6 is 0 Å². The lowest BCUT2D eigenvalue weighted by molar-refractivity contribution is 0.0177. The van der Waals surface area contributed by atoms with Gasteiger partial charge in [0.2, 0.25) is 0 Å². The van der Waals surface area contributed by atoms with Gasteiger partial charge in [-0.2, -0.15) is 0 Å². The summed E-state index contributed by atoms with van der Waals surface area (Å²) in [6, 6.07) is 0.740. The van der Waals surface area contributed by atoms with E-state index in [1.807, 2.05) is 0 Å². The summed E-state index contributed by atoms with van der Waals surface area (Å²) >= 11 is 0. The van der Waals surface area contributed by atoms with E-state index in [-0.39, 0.29) is 0 Å². The lowest BCUT2D eigenvalue weighted by Gasteiger charge is -2.16. The van der Waals surface area contributed by atoms with Crippen molar-refractivity contribution in [3.05, 3.63) is 0 Å². The van der Waals surface area contributed by atoms with Gasteiger partial charge in [0.25, 0.3) is 0 Å². The minimum Gasteiger partial charge on any atom is -0.377 e. The number of ether oxygens (including phenoxy) is 2. The van der Waals surface area contributed by atoms with Gasteiger partial charge in [-0.15, -0.1) is 0 Å². The van der Waals surface area contributed by atoms with Gasteiger partial charge >= 0.3 is 0 Å². The molecule has 1 N–H and O–H groups in total. The zero-order valence-corrected chi connectivity index (χ0v) is 11.0. The maximum Gasteiger partial charge on any atom is 0.0809 e. The molecule has 2 aliphatic rings. The highest BCUT2D eigenvalue weighted by Gasteiger charge is 2.15. The fourth-order valence-electron chi connectivity index (χ4n) is 2.81. The Balaban J connectivity index is 1.44. The van der Waals surface area contributed by atoms with Crippen LogP contribution in [0.25, 0.3) is 0 Å². The summed E-state index contributed by atoms with van der Waals surface area (Å²) in [4.78, 5) is 0. The summed E-state index contributed by atoms with van der Waals surface area (Å²) in [5, 5.41) is 3.62. The Bertz CT molecular complexity index is 185. The highest BCUT2D eigenvalue weighted by atomic mass is 16.5. The molecule has 0 aromatic rings. The Morgan fingerprint density at radius 2 is 1.82 bits per heavy atom. The first-order chi connectivity index (χ1) is 8.45. The van der Waals surface area contributed by atoms with Crippen LogP contribution in [0.3, 0.4) is 0 Å². The van der Waals surface area contributed by atoms with Crippen molar-refractivity contribution in [2.45, 2.75) is 63.5 Å². The van der Waals surface area contributed by atoms with Crippen molar-refractivity contribution in [1.82, 2.24) is 5.32 Å². The Kier molecular flexibility index (Phi) is 6.32. The fraction of sp³-hybridized carbons (Fsp3) is 1.00. The van der Waals surface area contributed by atoms with E-state index in [1.165, 1.54) is 51.4 Å². The van der Waals surface area contributed by atoms with Crippen molar-refractivity contribution in [2.75, 3.05) is 26.4 Å². The molecule has 3 heteroatoms. The maximum absolute atomic E-state index is 5.65. The van der Waals surface area contributed by atoms with Gasteiger partial charge in [-0.1, -0.05) is 25.7 Å². The molecule has 3 nitrogen and oxygen atoms in total. The van der Waals surface area contributed by atoms with Crippen LogP contribution in [-0.2, 0) is 9.47 Å². The number of hydrogen-bond acceptors (Lipinski definition) is 3. The molecule has 1 heterocycles. The van der Waals surface area contributed by atoms with Crippen molar-refractivity contribution >= 4 is 0 Å². The van der Waals surface area contributed by atoms with Crippen LogP contribution in [0.1, 0.15) is 51.4 Å². The summed E-state index contributed by atoms with van der Waals surface area (Å²) in [6.07, 6.45) is 11.1. The zero-order chi connectivity index (χ0) is 11.8. The molecule has 2 rings (SSSR count). The van der Waals surface area contributed by atoms with Gasteiger partial charge in [-0.3, -0.25) is 0 Å². The van der Waals surface area contributed by atoms with Crippen LogP contribution in [0, 0.1) is 0 Å². The van der Waals surface area contributed by atoms with E-state index in [4.69, 9.17) is 9.47 Å². The monoisotopic (exact) mass is 241 g/mol. The van der Waals surface area contributed by atoms with Crippen molar-refractivity contribution in [3.8, 4) is 0 Å². The second kappa shape index (κ2) is 8.06. The normalized spacial score (nSPS) is 27.2. The predicted molar refractivity (Wildman–Crippen MR) is 69.3 cm³/mol. The summed E-state index contributed by atoms with van der Waals surface area (Å²) in [6.45, 7) is 3.54. The largest absolute Gasteiger partial charge is 0.377 e. The molecule has 1 unspecified atom stereocenters. The van der Waals surface area contributed by atoms with Gasteiger partial charge in [0.1, 0.15) is 0 Å². The molecule has 1 atom stereocenters. The van der Waals surface area contributed by atoms with Gasteiger partial charge in [0.15, 0.2) is 0 Å². The van der Waals surface area contributed by atoms with E-state index in [2.05, 4.69) is 5.32 Å².